The molecule has 1 aromatic carbocycles. The molecule has 2 N–H and O–H groups in total. The van der Waals surface area contributed by atoms with E-state index < -0.39 is 0 Å². The van der Waals surface area contributed by atoms with Gasteiger partial charge in [0, 0.05) is 0 Å². The Morgan fingerprint density at radius 3 is 2.59 bits per heavy atom. The van der Waals surface area contributed by atoms with Crippen LogP contribution in [0.4, 0.5) is 0 Å². The Hall–Kier alpha value is -1.22. The summed E-state index contributed by atoms with van der Waals surface area (Å²) in [6.07, 6.45) is 8.11. The molecule has 1 aromatic rings. The Bertz CT molecular complexity index is 502. The normalized spacial score (nSPS) is 30.9. The van der Waals surface area contributed by atoms with Gasteiger partial charge >= 0.3 is 0 Å². The number of methoxy groups -OCH3 is 2. The zero-order valence-electron chi connectivity index (χ0n) is 13.9. The van der Waals surface area contributed by atoms with Crippen molar-refractivity contribution in [1.29, 1.82) is 0 Å². The second-order valence-corrected chi connectivity index (χ2v) is 6.91. The van der Waals surface area contributed by atoms with Crippen molar-refractivity contribution in [3.63, 3.8) is 0 Å². The highest BCUT2D eigenvalue weighted by Crippen LogP contribution is 2.54. The van der Waals surface area contributed by atoms with Gasteiger partial charge in [-0.3, -0.25) is 0 Å². The number of hydrogen-bond donors (Lipinski definition) is 1. The molecule has 3 nitrogen and oxygen atoms in total. The van der Waals surface area contributed by atoms with Crippen LogP contribution in [0.3, 0.4) is 0 Å². The Morgan fingerprint density at radius 2 is 1.86 bits per heavy atom. The average molecular weight is 303 g/mol. The van der Waals surface area contributed by atoms with Gasteiger partial charge in [-0.05, 0) is 67.2 Å². The van der Waals surface area contributed by atoms with E-state index in [4.69, 9.17) is 15.2 Å². The monoisotopic (exact) mass is 303 g/mol. The van der Waals surface area contributed by atoms with E-state index in [1.54, 1.807) is 14.2 Å². The van der Waals surface area contributed by atoms with Gasteiger partial charge in [0.05, 0.1) is 14.2 Å². The highest BCUT2D eigenvalue weighted by atomic mass is 16.5. The van der Waals surface area contributed by atoms with Crippen molar-refractivity contribution < 1.29 is 9.47 Å². The zero-order chi connectivity index (χ0) is 15.5. The maximum atomic E-state index is 5.93. The van der Waals surface area contributed by atoms with Gasteiger partial charge in [-0.1, -0.05) is 25.3 Å². The summed E-state index contributed by atoms with van der Waals surface area (Å²) in [6, 6.07) is 6.47. The van der Waals surface area contributed by atoms with E-state index >= 15 is 0 Å². The molecule has 2 fully saturated rings. The van der Waals surface area contributed by atoms with Crippen LogP contribution in [-0.4, -0.2) is 20.8 Å². The number of hydrogen-bond acceptors (Lipinski definition) is 3. The van der Waals surface area contributed by atoms with Gasteiger partial charge in [0.25, 0.3) is 0 Å². The molecule has 0 bridgehead atoms. The van der Waals surface area contributed by atoms with Gasteiger partial charge in [-0.2, -0.15) is 0 Å². The van der Waals surface area contributed by atoms with Crippen LogP contribution in [0.5, 0.6) is 11.5 Å². The minimum atomic E-state index is 0.636. The van der Waals surface area contributed by atoms with E-state index in [2.05, 4.69) is 18.2 Å². The Morgan fingerprint density at radius 1 is 1.09 bits per heavy atom. The Labute approximate surface area is 134 Å². The highest BCUT2D eigenvalue weighted by Gasteiger charge is 2.43. The molecule has 0 aliphatic heterocycles. The summed E-state index contributed by atoms with van der Waals surface area (Å²) in [4.78, 5) is 0. The van der Waals surface area contributed by atoms with E-state index in [0.717, 1.165) is 42.2 Å². The van der Waals surface area contributed by atoms with Gasteiger partial charge in [0.1, 0.15) is 0 Å². The van der Waals surface area contributed by atoms with Crippen LogP contribution >= 0.6 is 0 Å². The summed E-state index contributed by atoms with van der Waals surface area (Å²) in [5, 5.41) is 0. The molecule has 0 heterocycles. The van der Waals surface area contributed by atoms with Crippen LogP contribution in [-0.2, 0) is 0 Å². The molecule has 2 saturated carbocycles. The summed E-state index contributed by atoms with van der Waals surface area (Å²) in [5.74, 6) is 4.84. The quantitative estimate of drug-likeness (QED) is 0.895. The van der Waals surface area contributed by atoms with Crippen molar-refractivity contribution in [2.75, 3.05) is 20.8 Å². The first-order valence-corrected chi connectivity index (χ1v) is 8.70. The van der Waals surface area contributed by atoms with Crippen LogP contribution in [0.2, 0.25) is 0 Å². The average Bonchev–Trinajstić information content (AvgIpc) is 2.93. The van der Waals surface area contributed by atoms with E-state index in [1.165, 1.54) is 37.7 Å². The van der Waals surface area contributed by atoms with Crippen LogP contribution in [0.15, 0.2) is 18.2 Å². The fraction of sp³-hybridized carbons (Fsp3) is 0.684. The summed E-state index contributed by atoms with van der Waals surface area (Å²) in [5.41, 5.74) is 7.34. The van der Waals surface area contributed by atoms with Gasteiger partial charge in [0.15, 0.2) is 11.5 Å². The number of nitrogens with two attached hydrogens (primary N) is 1. The Balaban J connectivity index is 1.88. The van der Waals surface area contributed by atoms with Gasteiger partial charge < -0.3 is 15.2 Å². The number of rotatable bonds is 5. The van der Waals surface area contributed by atoms with Crippen molar-refractivity contribution in [3.8, 4) is 11.5 Å². The first-order valence-electron chi connectivity index (χ1n) is 8.70. The second kappa shape index (κ2) is 6.91. The van der Waals surface area contributed by atoms with Crippen molar-refractivity contribution >= 4 is 0 Å². The van der Waals surface area contributed by atoms with Gasteiger partial charge in [-0.15, -0.1) is 0 Å². The predicted octanol–water partition coefficient (Wildman–Crippen LogP) is 3.96. The lowest BCUT2D eigenvalue weighted by Crippen LogP contribution is -2.22. The third-order valence-corrected chi connectivity index (χ3v) is 5.93. The van der Waals surface area contributed by atoms with E-state index in [1.807, 2.05) is 0 Å². The third-order valence-electron chi connectivity index (χ3n) is 5.93. The molecule has 3 heteroatoms. The molecule has 4 atom stereocenters. The molecular formula is C19H29NO2. The number of benzene rings is 1. The maximum absolute atomic E-state index is 5.93. The first kappa shape index (κ1) is 15.7. The summed E-state index contributed by atoms with van der Waals surface area (Å²) in [7, 11) is 3.41. The molecule has 122 valence electrons. The second-order valence-electron chi connectivity index (χ2n) is 6.91. The largest absolute Gasteiger partial charge is 0.493 e. The summed E-state index contributed by atoms with van der Waals surface area (Å²) < 4.78 is 10.9. The van der Waals surface area contributed by atoms with E-state index in [-0.39, 0.29) is 0 Å². The standard InChI is InChI=1S/C19H29NO2/c1-21-18-8-7-14(12-19(18)22-2)17-11-13-5-3-4-6-15(13)16(17)9-10-20/h7-8,12-13,15-17H,3-6,9-11,20H2,1-2H3. The highest BCUT2D eigenvalue weighted by molar-refractivity contribution is 5.44. The minimum absolute atomic E-state index is 0.636. The fourth-order valence-electron chi connectivity index (χ4n) is 4.97. The van der Waals surface area contributed by atoms with Crippen molar-refractivity contribution in [1.82, 2.24) is 0 Å². The lowest BCUT2D eigenvalue weighted by Gasteiger charge is -2.30. The van der Waals surface area contributed by atoms with Crippen molar-refractivity contribution in [2.45, 2.75) is 44.4 Å². The smallest absolute Gasteiger partial charge is 0.160 e. The summed E-state index contributed by atoms with van der Waals surface area (Å²) in [6.45, 7) is 0.803. The number of ether oxygens (including phenoxy) is 2. The lowest BCUT2D eigenvalue weighted by atomic mass is 9.76. The van der Waals surface area contributed by atoms with Crippen LogP contribution < -0.4 is 15.2 Å². The molecule has 22 heavy (non-hydrogen) atoms. The molecule has 0 amide bonds. The molecule has 4 unspecified atom stereocenters. The molecule has 0 saturated heterocycles. The topological polar surface area (TPSA) is 44.5 Å². The van der Waals surface area contributed by atoms with Crippen LogP contribution in [0, 0.1) is 17.8 Å². The predicted molar refractivity (Wildman–Crippen MR) is 89.5 cm³/mol. The summed E-state index contributed by atoms with van der Waals surface area (Å²) >= 11 is 0. The third kappa shape index (κ3) is 2.83. The van der Waals surface area contributed by atoms with Crippen molar-refractivity contribution in [2.24, 2.45) is 23.5 Å². The minimum Gasteiger partial charge on any atom is -0.493 e. The molecule has 2 aliphatic carbocycles. The van der Waals surface area contributed by atoms with Gasteiger partial charge in [0.2, 0.25) is 0 Å². The SMILES string of the molecule is COc1ccc(C2CC3CCCCC3C2CCN)cc1OC. The molecule has 0 radical (unpaired) electrons. The molecular weight excluding hydrogens is 274 g/mol. The van der Waals surface area contributed by atoms with Crippen molar-refractivity contribution in [3.05, 3.63) is 23.8 Å². The Kier molecular flexibility index (Phi) is 4.92. The number of fused-ring (bicyclic) bond motifs is 1. The maximum Gasteiger partial charge on any atom is 0.160 e. The van der Waals surface area contributed by atoms with Gasteiger partial charge in [-0.25, -0.2) is 0 Å². The van der Waals surface area contributed by atoms with Crippen LogP contribution in [0.1, 0.15) is 50.0 Å². The molecule has 2 aliphatic rings. The van der Waals surface area contributed by atoms with E-state index in [9.17, 15) is 0 Å². The zero-order valence-corrected chi connectivity index (χ0v) is 13.9. The fourth-order valence-corrected chi connectivity index (χ4v) is 4.97. The molecule has 0 aromatic heterocycles. The lowest BCUT2D eigenvalue weighted by molar-refractivity contribution is 0.219. The first-order chi connectivity index (χ1) is 10.8. The van der Waals surface area contributed by atoms with E-state index in [0.29, 0.717) is 5.92 Å². The molecule has 0 spiro atoms. The molecule has 3 rings (SSSR count). The van der Waals surface area contributed by atoms with Crippen LogP contribution in [0.25, 0.3) is 0 Å².